The first-order chi connectivity index (χ1) is 9.37. The Labute approximate surface area is 118 Å². The number of amides is 1. The lowest BCUT2D eigenvalue weighted by Gasteiger charge is -2.22. The molecule has 0 radical (unpaired) electrons. The molecule has 20 heavy (non-hydrogen) atoms. The molecule has 1 aromatic heterocycles. The van der Waals surface area contributed by atoms with Crippen LogP contribution in [0.5, 0.6) is 0 Å². The molecular formula is C13H19NO5S. The number of hydrogen-bond acceptors (Lipinski definition) is 5. The minimum absolute atomic E-state index is 0.0376. The van der Waals surface area contributed by atoms with E-state index in [1.807, 2.05) is 4.72 Å². The van der Waals surface area contributed by atoms with E-state index in [0.29, 0.717) is 24.4 Å². The smallest absolute Gasteiger partial charge is 0.300 e. The van der Waals surface area contributed by atoms with Gasteiger partial charge in [-0.15, -0.1) is 0 Å². The van der Waals surface area contributed by atoms with Gasteiger partial charge in [0.2, 0.25) is 10.0 Å². The highest BCUT2D eigenvalue weighted by Gasteiger charge is 2.25. The Hall–Kier alpha value is -1.34. The summed E-state index contributed by atoms with van der Waals surface area (Å²) in [6.45, 7) is 3.97. The van der Waals surface area contributed by atoms with Crippen molar-refractivity contribution in [3.8, 4) is 0 Å². The third-order valence-electron chi connectivity index (χ3n) is 3.17. The number of ether oxygens (including phenoxy) is 1. The van der Waals surface area contributed by atoms with Crippen molar-refractivity contribution in [1.29, 1.82) is 0 Å². The average molecular weight is 301 g/mol. The fourth-order valence-electron chi connectivity index (χ4n) is 2.28. The Morgan fingerprint density at radius 1 is 1.40 bits per heavy atom. The normalized spacial score (nSPS) is 19.8. The first kappa shape index (κ1) is 15.1. The van der Waals surface area contributed by atoms with Crippen molar-refractivity contribution in [2.24, 2.45) is 0 Å². The summed E-state index contributed by atoms with van der Waals surface area (Å²) in [5.74, 6) is -0.319. The van der Waals surface area contributed by atoms with E-state index in [2.05, 4.69) is 0 Å². The maximum Gasteiger partial charge on any atom is 0.300 e. The van der Waals surface area contributed by atoms with Gasteiger partial charge in [0.25, 0.3) is 0 Å². The minimum atomic E-state index is -3.72. The molecule has 2 rings (SSSR count). The van der Waals surface area contributed by atoms with Crippen LogP contribution in [0.4, 0.5) is 0 Å². The number of aryl methyl sites for hydroxylation is 2. The maximum absolute atomic E-state index is 11.9. The summed E-state index contributed by atoms with van der Waals surface area (Å²) in [6, 6.07) is 1.69. The highest BCUT2D eigenvalue weighted by atomic mass is 32.2. The van der Waals surface area contributed by atoms with Crippen LogP contribution >= 0.6 is 0 Å². The van der Waals surface area contributed by atoms with Gasteiger partial charge in [0.1, 0.15) is 5.76 Å². The molecule has 0 aromatic carbocycles. The van der Waals surface area contributed by atoms with Crippen molar-refractivity contribution in [1.82, 2.24) is 4.72 Å². The highest BCUT2D eigenvalue weighted by Crippen LogP contribution is 2.16. The van der Waals surface area contributed by atoms with Gasteiger partial charge in [0, 0.05) is 12.2 Å². The summed E-state index contributed by atoms with van der Waals surface area (Å²) in [5.41, 5.74) is 0.615. The first-order valence-electron chi connectivity index (χ1n) is 6.61. The predicted octanol–water partition coefficient (Wildman–Crippen LogP) is 1.53. The van der Waals surface area contributed by atoms with E-state index in [1.165, 1.54) is 0 Å². The van der Waals surface area contributed by atoms with Gasteiger partial charge in [-0.1, -0.05) is 0 Å². The van der Waals surface area contributed by atoms with Crippen molar-refractivity contribution < 1.29 is 22.4 Å². The molecule has 1 atom stereocenters. The second-order valence-corrected chi connectivity index (χ2v) is 6.84. The summed E-state index contributed by atoms with van der Waals surface area (Å²) in [6.07, 6.45) is 2.26. The standard InChI is InChI=1S/C13H19NO5S/c1-9-7-10(2)19-12(9)13(15)14-20(16,17)8-11-5-3-4-6-18-11/h7,11H,3-6,8H2,1-2H3,(H,14,15). The van der Waals surface area contributed by atoms with Crippen LogP contribution in [0.25, 0.3) is 0 Å². The van der Waals surface area contributed by atoms with E-state index in [-0.39, 0.29) is 17.6 Å². The van der Waals surface area contributed by atoms with Crippen molar-refractivity contribution in [3.63, 3.8) is 0 Å². The Kier molecular flexibility index (Phi) is 4.49. The second-order valence-electron chi connectivity index (χ2n) is 5.07. The number of furan rings is 1. The quantitative estimate of drug-likeness (QED) is 0.911. The molecule has 1 fully saturated rings. The molecule has 112 valence electrons. The lowest BCUT2D eigenvalue weighted by molar-refractivity contribution is 0.0304. The lowest BCUT2D eigenvalue weighted by Crippen LogP contribution is -2.38. The molecule has 1 N–H and O–H groups in total. The molecule has 1 amide bonds. The summed E-state index contributed by atoms with van der Waals surface area (Å²) >= 11 is 0. The van der Waals surface area contributed by atoms with E-state index in [4.69, 9.17) is 9.15 Å². The van der Waals surface area contributed by atoms with Gasteiger partial charge in [-0.25, -0.2) is 13.1 Å². The summed E-state index contributed by atoms with van der Waals surface area (Å²) in [7, 11) is -3.72. The molecule has 6 nitrogen and oxygen atoms in total. The predicted molar refractivity (Wildman–Crippen MR) is 73.0 cm³/mol. The first-order valence-corrected chi connectivity index (χ1v) is 8.26. The molecule has 1 saturated heterocycles. The van der Waals surface area contributed by atoms with Crippen molar-refractivity contribution >= 4 is 15.9 Å². The van der Waals surface area contributed by atoms with Crippen LogP contribution in [-0.4, -0.2) is 32.8 Å². The van der Waals surface area contributed by atoms with E-state index < -0.39 is 15.9 Å². The average Bonchev–Trinajstić information content (AvgIpc) is 2.68. The topological polar surface area (TPSA) is 85.6 Å². The van der Waals surface area contributed by atoms with Crippen LogP contribution in [0.1, 0.15) is 41.1 Å². The molecular weight excluding hydrogens is 282 g/mol. The fraction of sp³-hybridized carbons (Fsp3) is 0.615. The molecule has 0 spiro atoms. The molecule has 7 heteroatoms. The van der Waals surface area contributed by atoms with Crippen LogP contribution < -0.4 is 4.72 Å². The van der Waals surface area contributed by atoms with E-state index in [0.717, 1.165) is 12.8 Å². The summed E-state index contributed by atoms with van der Waals surface area (Å²) in [5, 5.41) is 0. The van der Waals surface area contributed by atoms with Crippen LogP contribution in [0, 0.1) is 13.8 Å². The largest absolute Gasteiger partial charge is 0.456 e. The van der Waals surface area contributed by atoms with Crippen LogP contribution in [-0.2, 0) is 14.8 Å². The van der Waals surface area contributed by atoms with E-state index in [9.17, 15) is 13.2 Å². The Morgan fingerprint density at radius 3 is 2.70 bits per heavy atom. The second kappa shape index (κ2) is 5.97. The molecule has 0 saturated carbocycles. The molecule has 1 aliphatic heterocycles. The molecule has 0 aliphatic carbocycles. The van der Waals surface area contributed by atoms with Crippen molar-refractivity contribution in [2.45, 2.75) is 39.2 Å². The Balaban J connectivity index is 2.00. The number of nitrogens with one attached hydrogen (secondary N) is 1. The zero-order valence-corrected chi connectivity index (χ0v) is 12.5. The minimum Gasteiger partial charge on any atom is -0.456 e. The van der Waals surface area contributed by atoms with Crippen LogP contribution in [0.15, 0.2) is 10.5 Å². The Morgan fingerprint density at radius 2 is 2.15 bits per heavy atom. The fourth-order valence-corrected chi connectivity index (χ4v) is 3.49. The number of carbonyl (C=O) groups is 1. The molecule has 1 aromatic rings. The molecule has 1 aliphatic rings. The number of carbonyl (C=O) groups excluding carboxylic acids is 1. The van der Waals surface area contributed by atoms with E-state index in [1.54, 1.807) is 19.9 Å². The monoisotopic (exact) mass is 301 g/mol. The number of rotatable bonds is 4. The van der Waals surface area contributed by atoms with Gasteiger partial charge < -0.3 is 9.15 Å². The van der Waals surface area contributed by atoms with E-state index >= 15 is 0 Å². The zero-order valence-electron chi connectivity index (χ0n) is 11.6. The van der Waals surface area contributed by atoms with Gasteiger partial charge in [-0.3, -0.25) is 4.79 Å². The maximum atomic E-state index is 11.9. The highest BCUT2D eigenvalue weighted by molar-refractivity contribution is 7.90. The van der Waals surface area contributed by atoms with Gasteiger partial charge in [0.05, 0.1) is 11.9 Å². The zero-order chi connectivity index (χ0) is 14.8. The third-order valence-corrected chi connectivity index (χ3v) is 4.48. The number of sulfonamides is 1. The molecule has 2 heterocycles. The van der Waals surface area contributed by atoms with Gasteiger partial charge in [0.15, 0.2) is 5.76 Å². The van der Waals surface area contributed by atoms with Gasteiger partial charge >= 0.3 is 5.91 Å². The summed E-state index contributed by atoms with van der Waals surface area (Å²) < 4.78 is 36.5. The Bertz CT molecular complexity index is 584. The van der Waals surface area contributed by atoms with Crippen molar-refractivity contribution in [3.05, 3.63) is 23.2 Å². The van der Waals surface area contributed by atoms with Crippen LogP contribution in [0.2, 0.25) is 0 Å². The SMILES string of the molecule is Cc1cc(C)c(C(=O)NS(=O)(=O)CC2CCCCO2)o1. The molecule has 0 bridgehead atoms. The van der Waals surface area contributed by atoms with Gasteiger partial charge in [-0.05, 0) is 39.2 Å². The molecule has 1 unspecified atom stereocenters. The lowest BCUT2D eigenvalue weighted by atomic mass is 10.1. The van der Waals surface area contributed by atoms with Crippen LogP contribution in [0.3, 0.4) is 0 Å². The van der Waals surface area contributed by atoms with Crippen molar-refractivity contribution in [2.75, 3.05) is 12.4 Å². The number of hydrogen-bond donors (Lipinski definition) is 1. The third kappa shape index (κ3) is 3.83. The summed E-state index contributed by atoms with van der Waals surface area (Å²) in [4.78, 5) is 11.9. The van der Waals surface area contributed by atoms with Gasteiger partial charge in [-0.2, -0.15) is 0 Å².